The number of likely N-dealkylation sites (N-methyl/N-ethyl adjacent to an activating group) is 1. The molecule has 3 nitrogen and oxygen atoms in total. The zero-order valence-electron chi connectivity index (χ0n) is 11.8. The molecule has 0 amide bonds. The molecule has 1 unspecified atom stereocenters. The van der Waals surface area contributed by atoms with Crippen molar-refractivity contribution in [2.75, 3.05) is 26.7 Å². The van der Waals surface area contributed by atoms with Crippen molar-refractivity contribution in [3.63, 3.8) is 0 Å². The van der Waals surface area contributed by atoms with Crippen molar-refractivity contribution in [3.8, 4) is 5.75 Å². The van der Waals surface area contributed by atoms with Crippen LogP contribution in [0.25, 0.3) is 0 Å². The van der Waals surface area contributed by atoms with Crippen LogP contribution in [0.5, 0.6) is 5.75 Å². The van der Waals surface area contributed by atoms with Gasteiger partial charge in [-0.3, -0.25) is 4.90 Å². The molecule has 1 saturated heterocycles. The number of rotatable bonds is 6. The molecule has 0 bridgehead atoms. The third-order valence-electron chi connectivity index (χ3n) is 3.88. The first-order chi connectivity index (χ1) is 9.26. The maximum atomic E-state index is 6.23. The fourth-order valence-corrected chi connectivity index (χ4v) is 3.04. The highest BCUT2D eigenvalue weighted by Gasteiger charge is 2.22. The van der Waals surface area contributed by atoms with Crippen molar-refractivity contribution in [2.45, 2.75) is 32.4 Å². The molecule has 0 saturated carbocycles. The molecule has 4 heteroatoms. The average Bonchev–Trinajstić information content (AvgIpc) is 2.88. The monoisotopic (exact) mass is 282 g/mol. The van der Waals surface area contributed by atoms with Crippen LogP contribution < -0.4 is 10.1 Å². The standard InChI is InChI=1S/C15H23ClN2O/c1-3-18-9-5-6-12(18)10-17-11-13-14(16)7-4-8-15(13)19-2/h4,7-8,12,17H,3,5-6,9-11H2,1-2H3. The fraction of sp³-hybridized carbons (Fsp3) is 0.600. The Balaban J connectivity index is 1.89. The SMILES string of the molecule is CCN1CCCC1CNCc1c(Cl)cccc1OC. The lowest BCUT2D eigenvalue weighted by atomic mass is 10.1. The van der Waals surface area contributed by atoms with Gasteiger partial charge in [0.15, 0.2) is 0 Å². The zero-order valence-corrected chi connectivity index (χ0v) is 12.5. The van der Waals surface area contributed by atoms with E-state index in [0.29, 0.717) is 6.04 Å². The van der Waals surface area contributed by atoms with E-state index < -0.39 is 0 Å². The summed E-state index contributed by atoms with van der Waals surface area (Å²) >= 11 is 6.23. The van der Waals surface area contributed by atoms with Gasteiger partial charge in [0.25, 0.3) is 0 Å². The molecule has 19 heavy (non-hydrogen) atoms. The maximum Gasteiger partial charge on any atom is 0.124 e. The molecule has 1 atom stereocenters. The first-order valence-electron chi connectivity index (χ1n) is 7.02. The first kappa shape index (κ1) is 14.6. The van der Waals surface area contributed by atoms with Gasteiger partial charge in [0.2, 0.25) is 0 Å². The van der Waals surface area contributed by atoms with Gasteiger partial charge in [0.1, 0.15) is 5.75 Å². The minimum atomic E-state index is 0.665. The molecule has 0 aromatic heterocycles. The predicted octanol–water partition coefficient (Wildman–Crippen LogP) is 2.92. The van der Waals surface area contributed by atoms with E-state index in [9.17, 15) is 0 Å². The molecule has 1 aliphatic heterocycles. The van der Waals surface area contributed by atoms with Gasteiger partial charge in [-0.05, 0) is 38.1 Å². The summed E-state index contributed by atoms with van der Waals surface area (Å²) in [5, 5.41) is 4.29. The Morgan fingerprint density at radius 2 is 2.32 bits per heavy atom. The normalized spacial score (nSPS) is 19.8. The van der Waals surface area contributed by atoms with E-state index in [4.69, 9.17) is 16.3 Å². The van der Waals surface area contributed by atoms with Crippen molar-refractivity contribution in [1.82, 2.24) is 10.2 Å². The number of hydrogen-bond acceptors (Lipinski definition) is 3. The van der Waals surface area contributed by atoms with Gasteiger partial charge < -0.3 is 10.1 Å². The molecule has 0 aliphatic carbocycles. The topological polar surface area (TPSA) is 24.5 Å². The quantitative estimate of drug-likeness (QED) is 0.868. The fourth-order valence-electron chi connectivity index (χ4n) is 2.81. The summed E-state index contributed by atoms with van der Waals surface area (Å²) < 4.78 is 5.36. The Kier molecular flexibility index (Phi) is 5.49. The summed E-state index contributed by atoms with van der Waals surface area (Å²) in [5.41, 5.74) is 1.05. The average molecular weight is 283 g/mol. The van der Waals surface area contributed by atoms with Gasteiger partial charge in [-0.1, -0.05) is 24.6 Å². The van der Waals surface area contributed by atoms with Crippen LogP contribution >= 0.6 is 11.6 Å². The Bertz CT molecular complexity index is 411. The maximum absolute atomic E-state index is 6.23. The summed E-state index contributed by atoms with van der Waals surface area (Å²) in [5.74, 6) is 0.860. The van der Waals surface area contributed by atoms with Gasteiger partial charge >= 0.3 is 0 Å². The third-order valence-corrected chi connectivity index (χ3v) is 4.24. The number of nitrogens with zero attached hydrogens (tertiary/aromatic N) is 1. The van der Waals surface area contributed by atoms with Crippen molar-refractivity contribution >= 4 is 11.6 Å². The smallest absolute Gasteiger partial charge is 0.124 e. The second kappa shape index (κ2) is 7.13. The van der Waals surface area contributed by atoms with Crippen LogP contribution in [0.2, 0.25) is 5.02 Å². The number of halogens is 1. The molecule has 2 rings (SSSR count). The van der Waals surface area contributed by atoms with Crippen LogP contribution in [-0.2, 0) is 6.54 Å². The van der Waals surface area contributed by atoms with Crippen LogP contribution in [0, 0.1) is 0 Å². The van der Waals surface area contributed by atoms with Crippen LogP contribution in [0.3, 0.4) is 0 Å². The van der Waals surface area contributed by atoms with Crippen LogP contribution in [0.1, 0.15) is 25.3 Å². The summed E-state index contributed by atoms with van der Waals surface area (Å²) in [6.45, 7) is 6.38. The van der Waals surface area contributed by atoms with E-state index in [1.165, 1.54) is 19.4 Å². The largest absolute Gasteiger partial charge is 0.496 e. The van der Waals surface area contributed by atoms with Crippen molar-refractivity contribution in [3.05, 3.63) is 28.8 Å². The van der Waals surface area contributed by atoms with Crippen molar-refractivity contribution < 1.29 is 4.74 Å². The molecule has 1 N–H and O–H groups in total. The lowest BCUT2D eigenvalue weighted by Crippen LogP contribution is -2.37. The molecular weight excluding hydrogens is 260 g/mol. The second-order valence-electron chi connectivity index (χ2n) is 4.98. The van der Waals surface area contributed by atoms with Crippen molar-refractivity contribution in [1.29, 1.82) is 0 Å². The lowest BCUT2D eigenvalue weighted by molar-refractivity contribution is 0.259. The Morgan fingerprint density at radius 3 is 3.05 bits per heavy atom. The highest BCUT2D eigenvalue weighted by Crippen LogP contribution is 2.26. The highest BCUT2D eigenvalue weighted by molar-refractivity contribution is 6.31. The van der Waals surface area contributed by atoms with E-state index in [-0.39, 0.29) is 0 Å². The van der Waals surface area contributed by atoms with E-state index in [1.807, 2.05) is 18.2 Å². The number of likely N-dealkylation sites (tertiary alicyclic amines) is 1. The highest BCUT2D eigenvalue weighted by atomic mass is 35.5. The molecule has 0 spiro atoms. The Morgan fingerprint density at radius 1 is 1.47 bits per heavy atom. The molecule has 1 fully saturated rings. The van der Waals surface area contributed by atoms with Gasteiger partial charge in [-0.15, -0.1) is 0 Å². The Labute approximate surface area is 120 Å². The number of methoxy groups -OCH3 is 1. The number of hydrogen-bond donors (Lipinski definition) is 1. The van der Waals surface area contributed by atoms with E-state index in [2.05, 4.69) is 17.1 Å². The van der Waals surface area contributed by atoms with Gasteiger partial charge in [0.05, 0.1) is 7.11 Å². The zero-order chi connectivity index (χ0) is 13.7. The number of benzene rings is 1. The van der Waals surface area contributed by atoms with E-state index >= 15 is 0 Å². The summed E-state index contributed by atoms with van der Waals surface area (Å²) in [7, 11) is 1.69. The minimum absolute atomic E-state index is 0.665. The second-order valence-corrected chi connectivity index (χ2v) is 5.38. The third kappa shape index (κ3) is 3.62. The van der Waals surface area contributed by atoms with Gasteiger partial charge in [-0.2, -0.15) is 0 Å². The number of ether oxygens (including phenoxy) is 1. The predicted molar refractivity (Wildman–Crippen MR) is 80.0 cm³/mol. The summed E-state index contributed by atoms with van der Waals surface area (Å²) in [6, 6.07) is 6.45. The van der Waals surface area contributed by atoms with Gasteiger partial charge in [0, 0.05) is 29.7 Å². The molecule has 106 valence electrons. The van der Waals surface area contributed by atoms with Crippen LogP contribution in [0.4, 0.5) is 0 Å². The molecule has 1 aromatic rings. The molecule has 0 radical (unpaired) electrons. The molecule has 1 heterocycles. The summed E-state index contributed by atoms with van der Waals surface area (Å²) in [4.78, 5) is 2.54. The molecule has 1 aromatic carbocycles. The van der Waals surface area contributed by atoms with Crippen LogP contribution in [0.15, 0.2) is 18.2 Å². The van der Waals surface area contributed by atoms with Crippen LogP contribution in [-0.4, -0.2) is 37.7 Å². The lowest BCUT2D eigenvalue weighted by Gasteiger charge is -2.23. The molecular formula is C15H23ClN2O. The molecule has 1 aliphatic rings. The Hall–Kier alpha value is -0.770. The first-order valence-corrected chi connectivity index (χ1v) is 7.40. The summed E-state index contributed by atoms with van der Waals surface area (Å²) in [6.07, 6.45) is 2.61. The van der Waals surface area contributed by atoms with E-state index in [1.54, 1.807) is 7.11 Å². The number of nitrogens with one attached hydrogen (secondary N) is 1. The van der Waals surface area contributed by atoms with Crippen molar-refractivity contribution in [2.24, 2.45) is 0 Å². The van der Waals surface area contributed by atoms with Gasteiger partial charge in [-0.25, -0.2) is 0 Å². The van der Waals surface area contributed by atoms with E-state index in [0.717, 1.165) is 36.0 Å². The minimum Gasteiger partial charge on any atom is -0.496 e.